The van der Waals surface area contributed by atoms with Gasteiger partial charge < -0.3 is 9.64 Å². The second-order valence-electron chi connectivity index (χ2n) is 4.91. The third kappa shape index (κ3) is 1.58. The van der Waals surface area contributed by atoms with Gasteiger partial charge in [-0.15, -0.1) is 0 Å². The highest BCUT2D eigenvalue weighted by Gasteiger charge is 2.34. The Morgan fingerprint density at radius 2 is 2.32 bits per heavy atom. The summed E-state index contributed by atoms with van der Waals surface area (Å²) in [7, 11) is 0. The molecular formula is C13H12ClN3O2. The van der Waals surface area contributed by atoms with Gasteiger partial charge >= 0.3 is 0 Å². The second kappa shape index (κ2) is 3.95. The van der Waals surface area contributed by atoms with Crippen molar-refractivity contribution in [3.63, 3.8) is 0 Å². The lowest BCUT2D eigenvalue weighted by Gasteiger charge is -2.29. The van der Waals surface area contributed by atoms with Gasteiger partial charge in [-0.3, -0.25) is 9.36 Å². The molecule has 0 bridgehead atoms. The molecule has 0 spiro atoms. The Labute approximate surface area is 114 Å². The molecule has 1 fully saturated rings. The highest BCUT2D eigenvalue weighted by Crippen LogP contribution is 2.27. The van der Waals surface area contributed by atoms with E-state index in [0.29, 0.717) is 35.7 Å². The van der Waals surface area contributed by atoms with E-state index in [1.54, 1.807) is 22.8 Å². The van der Waals surface area contributed by atoms with Crippen molar-refractivity contribution in [2.24, 2.45) is 0 Å². The summed E-state index contributed by atoms with van der Waals surface area (Å²) in [5.41, 5.74) is 0.668. The van der Waals surface area contributed by atoms with Crippen molar-refractivity contribution in [3.8, 4) is 0 Å². The van der Waals surface area contributed by atoms with E-state index in [-0.39, 0.29) is 11.6 Å². The van der Waals surface area contributed by atoms with Crippen molar-refractivity contribution < 1.29 is 4.74 Å². The minimum absolute atomic E-state index is 0.00562. The summed E-state index contributed by atoms with van der Waals surface area (Å²) in [6, 6.07) is 5.44. The molecule has 5 nitrogen and oxygen atoms in total. The first-order chi connectivity index (χ1) is 9.24. The second-order valence-corrected chi connectivity index (χ2v) is 5.35. The van der Waals surface area contributed by atoms with E-state index in [0.717, 1.165) is 12.5 Å². The molecule has 0 saturated carbocycles. The Hall–Kier alpha value is -1.59. The Bertz CT molecular complexity index is 728. The van der Waals surface area contributed by atoms with Crippen LogP contribution < -0.4 is 10.5 Å². The van der Waals surface area contributed by atoms with E-state index >= 15 is 0 Å². The highest BCUT2D eigenvalue weighted by atomic mass is 35.5. The fourth-order valence-electron chi connectivity index (χ4n) is 2.85. The molecule has 1 atom stereocenters. The van der Waals surface area contributed by atoms with Gasteiger partial charge in [0.2, 0.25) is 5.95 Å². The summed E-state index contributed by atoms with van der Waals surface area (Å²) in [5, 5.41) is 1.22. The number of anilines is 1. The van der Waals surface area contributed by atoms with Gasteiger partial charge in [-0.25, -0.2) is 4.98 Å². The summed E-state index contributed by atoms with van der Waals surface area (Å²) < 4.78 is 7.21. The molecule has 0 aliphatic carbocycles. The molecule has 3 heterocycles. The number of nitrogens with zero attached hydrogens (tertiary/aromatic N) is 3. The number of benzene rings is 1. The summed E-state index contributed by atoms with van der Waals surface area (Å²) >= 11 is 5.98. The van der Waals surface area contributed by atoms with Crippen molar-refractivity contribution in [2.75, 3.05) is 24.7 Å². The van der Waals surface area contributed by atoms with E-state index in [1.807, 2.05) is 0 Å². The Morgan fingerprint density at radius 3 is 3.21 bits per heavy atom. The molecule has 19 heavy (non-hydrogen) atoms. The van der Waals surface area contributed by atoms with Gasteiger partial charge in [-0.2, -0.15) is 0 Å². The van der Waals surface area contributed by atoms with Crippen LogP contribution in [0.15, 0.2) is 23.0 Å². The standard InChI is InChI=1S/C13H12ClN3O2/c14-8-1-2-10-11(5-8)15-13-16-3-4-19-7-9(16)6-17(13)12(10)18/h1-2,5,9H,3-4,6-7H2. The van der Waals surface area contributed by atoms with Crippen LogP contribution in [0.25, 0.3) is 10.9 Å². The number of ether oxygens (including phenoxy) is 1. The van der Waals surface area contributed by atoms with Crippen molar-refractivity contribution in [1.29, 1.82) is 0 Å². The van der Waals surface area contributed by atoms with Crippen LogP contribution in [0, 0.1) is 0 Å². The lowest BCUT2D eigenvalue weighted by atomic mass is 10.2. The zero-order valence-corrected chi connectivity index (χ0v) is 10.9. The lowest BCUT2D eigenvalue weighted by molar-refractivity contribution is 0.0955. The summed E-state index contributed by atoms with van der Waals surface area (Å²) in [6.07, 6.45) is 0. The van der Waals surface area contributed by atoms with Gasteiger partial charge in [0, 0.05) is 11.6 Å². The average molecular weight is 278 g/mol. The topological polar surface area (TPSA) is 47.4 Å². The largest absolute Gasteiger partial charge is 0.377 e. The van der Waals surface area contributed by atoms with Crippen LogP contribution in [0.5, 0.6) is 0 Å². The summed E-state index contributed by atoms with van der Waals surface area (Å²) in [4.78, 5) is 19.3. The Morgan fingerprint density at radius 1 is 1.42 bits per heavy atom. The summed E-state index contributed by atoms with van der Waals surface area (Å²) in [6.45, 7) is 2.77. The zero-order valence-electron chi connectivity index (χ0n) is 10.2. The first-order valence-corrected chi connectivity index (χ1v) is 6.66. The predicted molar refractivity (Wildman–Crippen MR) is 73.0 cm³/mol. The van der Waals surface area contributed by atoms with Crippen LogP contribution in [-0.2, 0) is 11.3 Å². The number of morpholine rings is 1. The lowest BCUT2D eigenvalue weighted by Crippen LogP contribution is -2.43. The van der Waals surface area contributed by atoms with Crippen molar-refractivity contribution in [1.82, 2.24) is 9.55 Å². The van der Waals surface area contributed by atoms with E-state index in [1.165, 1.54) is 0 Å². The SMILES string of the molecule is O=c1c2ccc(Cl)cc2nc2n1CC1COCCN21. The molecule has 0 radical (unpaired) electrons. The van der Waals surface area contributed by atoms with Crippen LogP contribution in [0.4, 0.5) is 5.95 Å². The molecule has 2 aliphatic rings. The molecule has 2 aromatic rings. The third-order valence-electron chi connectivity index (χ3n) is 3.77. The number of hydrogen-bond acceptors (Lipinski definition) is 4. The normalized spacial score (nSPS) is 21.5. The summed E-state index contributed by atoms with van der Waals surface area (Å²) in [5.74, 6) is 0.744. The first kappa shape index (κ1) is 11.3. The fraction of sp³-hybridized carbons (Fsp3) is 0.385. The van der Waals surface area contributed by atoms with E-state index in [2.05, 4.69) is 9.88 Å². The number of fused-ring (bicyclic) bond motifs is 4. The van der Waals surface area contributed by atoms with E-state index < -0.39 is 0 Å². The highest BCUT2D eigenvalue weighted by molar-refractivity contribution is 6.31. The van der Waals surface area contributed by atoms with Crippen molar-refractivity contribution in [2.45, 2.75) is 12.6 Å². The van der Waals surface area contributed by atoms with Gasteiger partial charge in [-0.05, 0) is 18.2 Å². The van der Waals surface area contributed by atoms with Crippen LogP contribution in [0.3, 0.4) is 0 Å². The van der Waals surface area contributed by atoms with E-state index in [9.17, 15) is 4.79 Å². The molecule has 1 aromatic carbocycles. The Kier molecular flexibility index (Phi) is 2.34. The van der Waals surface area contributed by atoms with Crippen LogP contribution in [0.1, 0.15) is 0 Å². The monoisotopic (exact) mass is 277 g/mol. The minimum atomic E-state index is 0.00562. The van der Waals surface area contributed by atoms with E-state index in [4.69, 9.17) is 16.3 Å². The number of aromatic nitrogens is 2. The molecule has 1 unspecified atom stereocenters. The fourth-order valence-corrected chi connectivity index (χ4v) is 3.01. The van der Waals surface area contributed by atoms with Gasteiger partial charge in [0.05, 0.1) is 36.7 Å². The quantitative estimate of drug-likeness (QED) is 0.728. The molecule has 1 saturated heterocycles. The van der Waals surface area contributed by atoms with Crippen LogP contribution in [0.2, 0.25) is 5.02 Å². The molecule has 1 aromatic heterocycles. The zero-order chi connectivity index (χ0) is 13.0. The maximum atomic E-state index is 12.5. The maximum Gasteiger partial charge on any atom is 0.262 e. The molecule has 0 N–H and O–H groups in total. The first-order valence-electron chi connectivity index (χ1n) is 6.28. The predicted octanol–water partition coefficient (Wildman–Crippen LogP) is 1.27. The molecule has 98 valence electrons. The third-order valence-corrected chi connectivity index (χ3v) is 4.01. The molecule has 6 heteroatoms. The number of hydrogen-bond donors (Lipinski definition) is 0. The average Bonchev–Trinajstić information content (AvgIpc) is 2.78. The molecule has 2 aliphatic heterocycles. The van der Waals surface area contributed by atoms with Crippen LogP contribution >= 0.6 is 11.6 Å². The van der Waals surface area contributed by atoms with Gasteiger partial charge in [0.1, 0.15) is 0 Å². The minimum Gasteiger partial charge on any atom is -0.377 e. The Balaban J connectivity index is 1.98. The van der Waals surface area contributed by atoms with Gasteiger partial charge in [0.25, 0.3) is 5.56 Å². The number of halogens is 1. The smallest absolute Gasteiger partial charge is 0.262 e. The molecular weight excluding hydrogens is 266 g/mol. The van der Waals surface area contributed by atoms with Crippen molar-refractivity contribution >= 4 is 28.5 Å². The molecule has 4 rings (SSSR count). The number of rotatable bonds is 0. The van der Waals surface area contributed by atoms with Crippen molar-refractivity contribution in [3.05, 3.63) is 33.6 Å². The van der Waals surface area contributed by atoms with Gasteiger partial charge in [-0.1, -0.05) is 11.6 Å². The van der Waals surface area contributed by atoms with Gasteiger partial charge in [0.15, 0.2) is 0 Å². The maximum absolute atomic E-state index is 12.5. The molecule has 0 amide bonds. The van der Waals surface area contributed by atoms with Crippen LogP contribution in [-0.4, -0.2) is 35.4 Å².